The number of hydrogen-bond donors (Lipinski definition) is 1. The molecule has 2 rings (SSSR count). The van der Waals surface area contributed by atoms with Crippen LogP contribution in [0.25, 0.3) is 0 Å². The van der Waals surface area contributed by atoms with Crippen molar-refractivity contribution < 1.29 is 4.74 Å². The molecule has 0 saturated heterocycles. The molecule has 0 amide bonds. The van der Waals surface area contributed by atoms with Crippen molar-refractivity contribution in [3.05, 3.63) is 21.9 Å². The lowest BCUT2D eigenvalue weighted by atomic mass is 10.3. The summed E-state index contributed by atoms with van der Waals surface area (Å²) >= 11 is 1.84. The molecule has 0 bridgehead atoms. The summed E-state index contributed by atoms with van der Waals surface area (Å²) in [7, 11) is 1.98. The smallest absolute Gasteiger partial charge is 0.0809 e. The van der Waals surface area contributed by atoms with Gasteiger partial charge in [0.05, 0.1) is 6.61 Å². The zero-order chi connectivity index (χ0) is 10.5. The quantitative estimate of drug-likeness (QED) is 0.720. The molecule has 2 nitrogen and oxygen atoms in total. The van der Waals surface area contributed by atoms with Gasteiger partial charge in [-0.1, -0.05) is 12.8 Å². The van der Waals surface area contributed by atoms with Crippen molar-refractivity contribution in [1.82, 2.24) is 5.32 Å². The Labute approximate surface area is 95.6 Å². The molecule has 1 aliphatic rings. The molecule has 1 heterocycles. The first-order valence-electron chi connectivity index (χ1n) is 5.68. The van der Waals surface area contributed by atoms with E-state index in [9.17, 15) is 0 Å². The van der Waals surface area contributed by atoms with Gasteiger partial charge in [-0.25, -0.2) is 0 Å². The fraction of sp³-hybridized carbons (Fsp3) is 0.667. The predicted molar refractivity (Wildman–Crippen MR) is 64.1 cm³/mol. The molecule has 0 aliphatic heterocycles. The Balaban J connectivity index is 1.63. The average molecular weight is 225 g/mol. The minimum absolute atomic E-state index is 0.793. The monoisotopic (exact) mass is 225 g/mol. The Morgan fingerprint density at radius 1 is 1.40 bits per heavy atom. The van der Waals surface area contributed by atoms with Gasteiger partial charge in [-0.2, -0.15) is 0 Å². The molecule has 1 saturated carbocycles. The van der Waals surface area contributed by atoms with E-state index in [1.807, 2.05) is 18.4 Å². The van der Waals surface area contributed by atoms with E-state index in [0.717, 1.165) is 25.7 Å². The zero-order valence-electron chi connectivity index (χ0n) is 9.29. The molecular formula is C12H19NOS. The standard InChI is InChI=1S/C12H19NOS/c1-13-8-11-4-5-12(15-11)9-14-7-6-10-2-3-10/h4-5,10,13H,2-3,6-9H2,1H3. The molecular weight excluding hydrogens is 206 g/mol. The molecule has 1 aromatic heterocycles. The molecule has 0 atom stereocenters. The summed E-state index contributed by atoms with van der Waals surface area (Å²) in [6.07, 6.45) is 4.11. The highest BCUT2D eigenvalue weighted by Crippen LogP contribution is 2.32. The van der Waals surface area contributed by atoms with Crippen LogP contribution in [0.3, 0.4) is 0 Å². The average Bonchev–Trinajstić information content (AvgIpc) is 2.95. The van der Waals surface area contributed by atoms with E-state index in [-0.39, 0.29) is 0 Å². The van der Waals surface area contributed by atoms with Crippen LogP contribution in [0.1, 0.15) is 29.0 Å². The lowest BCUT2D eigenvalue weighted by Crippen LogP contribution is -2.02. The van der Waals surface area contributed by atoms with Crippen molar-refractivity contribution in [2.75, 3.05) is 13.7 Å². The SMILES string of the molecule is CNCc1ccc(COCCC2CC2)s1. The van der Waals surface area contributed by atoms with Gasteiger partial charge in [0.15, 0.2) is 0 Å². The van der Waals surface area contributed by atoms with Crippen molar-refractivity contribution in [3.8, 4) is 0 Å². The lowest BCUT2D eigenvalue weighted by molar-refractivity contribution is 0.117. The van der Waals surface area contributed by atoms with Crippen molar-refractivity contribution >= 4 is 11.3 Å². The van der Waals surface area contributed by atoms with Crippen LogP contribution < -0.4 is 5.32 Å². The van der Waals surface area contributed by atoms with Crippen LogP contribution in [0.15, 0.2) is 12.1 Å². The highest BCUT2D eigenvalue weighted by atomic mass is 32.1. The van der Waals surface area contributed by atoms with Crippen LogP contribution in [-0.2, 0) is 17.9 Å². The zero-order valence-corrected chi connectivity index (χ0v) is 10.1. The van der Waals surface area contributed by atoms with Crippen LogP contribution >= 0.6 is 11.3 Å². The van der Waals surface area contributed by atoms with Crippen LogP contribution in [0.2, 0.25) is 0 Å². The van der Waals surface area contributed by atoms with Gasteiger partial charge in [-0.05, 0) is 31.5 Å². The Kier molecular flexibility index (Phi) is 4.18. The molecule has 0 spiro atoms. The summed E-state index contributed by atoms with van der Waals surface area (Å²) in [5, 5.41) is 3.16. The molecule has 0 aromatic carbocycles. The molecule has 84 valence electrons. The molecule has 0 unspecified atom stereocenters. The third kappa shape index (κ3) is 3.93. The molecule has 1 fully saturated rings. The van der Waals surface area contributed by atoms with Crippen LogP contribution in [0.4, 0.5) is 0 Å². The Bertz CT molecular complexity index is 294. The second-order valence-corrected chi connectivity index (χ2v) is 5.44. The topological polar surface area (TPSA) is 21.3 Å². The van der Waals surface area contributed by atoms with Crippen LogP contribution in [0, 0.1) is 5.92 Å². The maximum atomic E-state index is 5.65. The fourth-order valence-corrected chi connectivity index (χ4v) is 2.57. The van der Waals surface area contributed by atoms with Crippen molar-refractivity contribution in [3.63, 3.8) is 0 Å². The molecule has 1 N–H and O–H groups in total. The van der Waals surface area contributed by atoms with Gasteiger partial charge >= 0.3 is 0 Å². The summed E-state index contributed by atoms with van der Waals surface area (Å²) in [6, 6.07) is 4.36. The van der Waals surface area contributed by atoms with Gasteiger partial charge in [-0.15, -0.1) is 11.3 Å². The molecule has 3 heteroatoms. The van der Waals surface area contributed by atoms with Gasteiger partial charge < -0.3 is 10.1 Å². The van der Waals surface area contributed by atoms with Gasteiger partial charge in [0.2, 0.25) is 0 Å². The van der Waals surface area contributed by atoms with E-state index in [2.05, 4.69) is 17.4 Å². The first kappa shape index (κ1) is 11.1. The second-order valence-electron chi connectivity index (χ2n) is 4.18. The normalized spacial score (nSPS) is 15.8. The summed E-state index contributed by atoms with van der Waals surface area (Å²) in [5.74, 6) is 0.980. The Morgan fingerprint density at radius 2 is 2.20 bits per heavy atom. The first-order valence-corrected chi connectivity index (χ1v) is 6.50. The summed E-state index contributed by atoms with van der Waals surface area (Å²) in [4.78, 5) is 2.73. The molecule has 15 heavy (non-hydrogen) atoms. The third-order valence-electron chi connectivity index (χ3n) is 2.68. The summed E-state index contributed by atoms with van der Waals surface area (Å²) in [5.41, 5.74) is 0. The second kappa shape index (κ2) is 5.64. The van der Waals surface area contributed by atoms with Gasteiger partial charge in [0.25, 0.3) is 0 Å². The lowest BCUT2D eigenvalue weighted by Gasteiger charge is -2.00. The minimum Gasteiger partial charge on any atom is -0.376 e. The van der Waals surface area contributed by atoms with E-state index in [4.69, 9.17) is 4.74 Å². The van der Waals surface area contributed by atoms with Crippen LogP contribution in [0.5, 0.6) is 0 Å². The van der Waals surface area contributed by atoms with E-state index in [1.165, 1.54) is 29.0 Å². The van der Waals surface area contributed by atoms with Gasteiger partial charge in [0, 0.05) is 22.9 Å². The first-order chi connectivity index (χ1) is 7.38. The number of nitrogens with one attached hydrogen (secondary N) is 1. The highest BCUT2D eigenvalue weighted by Gasteiger charge is 2.20. The van der Waals surface area contributed by atoms with Crippen molar-refractivity contribution in [1.29, 1.82) is 0 Å². The van der Waals surface area contributed by atoms with Crippen LogP contribution in [-0.4, -0.2) is 13.7 Å². The molecule has 1 aromatic rings. The van der Waals surface area contributed by atoms with Crippen molar-refractivity contribution in [2.45, 2.75) is 32.4 Å². The number of ether oxygens (including phenoxy) is 1. The summed E-state index contributed by atoms with van der Waals surface area (Å²) in [6.45, 7) is 2.69. The maximum Gasteiger partial charge on any atom is 0.0809 e. The van der Waals surface area contributed by atoms with E-state index < -0.39 is 0 Å². The van der Waals surface area contributed by atoms with Gasteiger partial charge in [-0.3, -0.25) is 0 Å². The van der Waals surface area contributed by atoms with Crippen molar-refractivity contribution in [2.24, 2.45) is 5.92 Å². The molecule has 1 aliphatic carbocycles. The van der Waals surface area contributed by atoms with E-state index in [1.54, 1.807) is 0 Å². The Hall–Kier alpha value is -0.380. The highest BCUT2D eigenvalue weighted by molar-refractivity contribution is 7.11. The number of rotatable bonds is 7. The maximum absolute atomic E-state index is 5.65. The number of thiophene rings is 1. The number of hydrogen-bond acceptors (Lipinski definition) is 3. The fourth-order valence-electron chi connectivity index (χ4n) is 1.60. The largest absolute Gasteiger partial charge is 0.376 e. The summed E-state index contributed by atoms with van der Waals surface area (Å²) < 4.78 is 5.65. The van der Waals surface area contributed by atoms with Gasteiger partial charge in [0.1, 0.15) is 0 Å². The van der Waals surface area contributed by atoms with E-state index >= 15 is 0 Å². The Morgan fingerprint density at radius 3 is 2.93 bits per heavy atom. The third-order valence-corrected chi connectivity index (χ3v) is 3.74. The van der Waals surface area contributed by atoms with E-state index in [0.29, 0.717) is 0 Å². The minimum atomic E-state index is 0.793. The molecule has 0 radical (unpaired) electrons. The predicted octanol–water partition coefficient (Wildman–Crippen LogP) is 2.78.